The second-order valence-corrected chi connectivity index (χ2v) is 7.39. The highest BCUT2D eigenvalue weighted by molar-refractivity contribution is 7.08. The van der Waals surface area contributed by atoms with E-state index in [-0.39, 0.29) is 17.2 Å². The van der Waals surface area contributed by atoms with Crippen molar-refractivity contribution in [3.05, 3.63) is 22.4 Å². The van der Waals surface area contributed by atoms with E-state index in [1.807, 2.05) is 26.6 Å². The third-order valence-electron chi connectivity index (χ3n) is 5.19. The van der Waals surface area contributed by atoms with Crippen LogP contribution in [0.5, 0.6) is 0 Å². The van der Waals surface area contributed by atoms with E-state index in [1.54, 1.807) is 18.4 Å². The van der Waals surface area contributed by atoms with Gasteiger partial charge < -0.3 is 14.5 Å². The summed E-state index contributed by atoms with van der Waals surface area (Å²) in [5, 5.41) is 3.86. The summed E-state index contributed by atoms with van der Waals surface area (Å²) >= 11 is 1.56. The highest BCUT2D eigenvalue weighted by Crippen LogP contribution is 2.40. The first-order valence-corrected chi connectivity index (χ1v) is 9.16. The fourth-order valence-corrected chi connectivity index (χ4v) is 4.30. The second kappa shape index (κ2) is 7.01. The SMILES string of the molecule is COCCN1CC2(CCC1=O)CCN(C(=O)c1ccsc1)CC2. The molecule has 3 rings (SSSR count). The molecule has 0 N–H and O–H groups in total. The summed E-state index contributed by atoms with van der Waals surface area (Å²) in [6.07, 6.45) is 3.55. The molecule has 0 bridgehead atoms. The fourth-order valence-electron chi connectivity index (χ4n) is 3.67. The number of hydrogen-bond donors (Lipinski definition) is 0. The van der Waals surface area contributed by atoms with Gasteiger partial charge >= 0.3 is 0 Å². The summed E-state index contributed by atoms with van der Waals surface area (Å²) in [5.41, 5.74) is 0.985. The molecule has 0 unspecified atom stereocenters. The van der Waals surface area contributed by atoms with Gasteiger partial charge in [0.1, 0.15) is 0 Å². The molecule has 5 nitrogen and oxygen atoms in total. The van der Waals surface area contributed by atoms with Gasteiger partial charge in [0.2, 0.25) is 5.91 Å². The van der Waals surface area contributed by atoms with Crippen molar-refractivity contribution in [1.29, 1.82) is 0 Å². The summed E-state index contributed by atoms with van der Waals surface area (Å²) in [6.45, 7) is 3.66. The lowest BCUT2D eigenvalue weighted by Crippen LogP contribution is -2.52. The maximum atomic E-state index is 12.4. The first-order chi connectivity index (χ1) is 11.1. The van der Waals surface area contributed by atoms with Gasteiger partial charge in [-0.1, -0.05) is 0 Å². The lowest BCUT2D eigenvalue weighted by molar-refractivity contribution is -0.139. The molecule has 0 saturated carbocycles. The molecule has 0 aliphatic carbocycles. The van der Waals surface area contributed by atoms with E-state index in [9.17, 15) is 9.59 Å². The van der Waals surface area contributed by atoms with Crippen molar-refractivity contribution in [2.45, 2.75) is 25.7 Å². The predicted octanol–water partition coefficient (Wildman–Crippen LogP) is 2.24. The maximum absolute atomic E-state index is 12.4. The van der Waals surface area contributed by atoms with Crippen LogP contribution < -0.4 is 0 Å². The number of methoxy groups -OCH3 is 1. The Hall–Kier alpha value is -1.40. The molecule has 1 spiro atoms. The number of ether oxygens (including phenoxy) is 1. The molecule has 0 atom stereocenters. The normalized spacial score (nSPS) is 21.0. The van der Waals surface area contributed by atoms with Crippen molar-refractivity contribution in [2.24, 2.45) is 5.41 Å². The third-order valence-corrected chi connectivity index (χ3v) is 5.88. The van der Waals surface area contributed by atoms with Crippen molar-refractivity contribution in [2.75, 3.05) is 39.9 Å². The number of likely N-dealkylation sites (tertiary alicyclic amines) is 2. The Bertz CT molecular complexity index is 550. The van der Waals surface area contributed by atoms with Crippen LogP contribution in [0.25, 0.3) is 0 Å². The summed E-state index contributed by atoms with van der Waals surface area (Å²) in [4.78, 5) is 28.4. The van der Waals surface area contributed by atoms with Gasteiger partial charge in [0.05, 0.1) is 12.2 Å². The molecule has 2 amide bonds. The Balaban J connectivity index is 1.59. The minimum absolute atomic E-state index is 0.143. The highest BCUT2D eigenvalue weighted by Gasteiger charge is 2.41. The molecular weight excluding hydrogens is 312 g/mol. The van der Waals surface area contributed by atoms with E-state index in [1.165, 1.54) is 0 Å². The zero-order valence-electron chi connectivity index (χ0n) is 13.6. The van der Waals surface area contributed by atoms with Crippen LogP contribution in [0.3, 0.4) is 0 Å². The number of rotatable bonds is 4. The highest BCUT2D eigenvalue weighted by atomic mass is 32.1. The lowest BCUT2D eigenvalue weighted by atomic mass is 9.72. The van der Waals surface area contributed by atoms with Gasteiger partial charge in [-0.3, -0.25) is 9.59 Å². The van der Waals surface area contributed by atoms with Crippen molar-refractivity contribution >= 4 is 23.2 Å². The van der Waals surface area contributed by atoms with E-state index in [0.29, 0.717) is 19.6 Å². The van der Waals surface area contributed by atoms with Crippen LogP contribution in [0.2, 0.25) is 0 Å². The topological polar surface area (TPSA) is 49.9 Å². The molecule has 0 radical (unpaired) electrons. The van der Waals surface area contributed by atoms with Gasteiger partial charge in [0.15, 0.2) is 0 Å². The maximum Gasteiger partial charge on any atom is 0.254 e. The van der Waals surface area contributed by atoms with Gasteiger partial charge in [0, 0.05) is 45.1 Å². The van der Waals surface area contributed by atoms with E-state index >= 15 is 0 Å². The van der Waals surface area contributed by atoms with Crippen LogP contribution >= 0.6 is 11.3 Å². The molecule has 23 heavy (non-hydrogen) atoms. The zero-order valence-corrected chi connectivity index (χ0v) is 14.4. The van der Waals surface area contributed by atoms with Crippen molar-refractivity contribution < 1.29 is 14.3 Å². The number of thiophene rings is 1. The summed E-state index contributed by atoms with van der Waals surface area (Å²) in [7, 11) is 1.67. The van der Waals surface area contributed by atoms with Gasteiger partial charge in [-0.15, -0.1) is 0 Å². The van der Waals surface area contributed by atoms with Crippen LogP contribution in [0.4, 0.5) is 0 Å². The van der Waals surface area contributed by atoms with Gasteiger partial charge in [0.25, 0.3) is 5.91 Å². The Kier molecular flexibility index (Phi) is 5.02. The Morgan fingerprint density at radius 2 is 2.13 bits per heavy atom. The van der Waals surface area contributed by atoms with E-state index in [4.69, 9.17) is 4.74 Å². The largest absolute Gasteiger partial charge is 0.383 e. The summed E-state index contributed by atoms with van der Waals surface area (Å²) < 4.78 is 5.11. The zero-order chi connectivity index (χ0) is 16.3. The Morgan fingerprint density at radius 1 is 1.35 bits per heavy atom. The quantitative estimate of drug-likeness (QED) is 0.847. The predicted molar refractivity (Wildman–Crippen MR) is 89.6 cm³/mol. The minimum atomic E-state index is 0.143. The van der Waals surface area contributed by atoms with Gasteiger partial charge in [-0.25, -0.2) is 0 Å². The monoisotopic (exact) mass is 336 g/mol. The Morgan fingerprint density at radius 3 is 2.78 bits per heavy atom. The van der Waals surface area contributed by atoms with Gasteiger partial charge in [-0.2, -0.15) is 11.3 Å². The molecule has 0 aromatic carbocycles. The third kappa shape index (κ3) is 3.58. The van der Waals surface area contributed by atoms with E-state index in [0.717, 1.165) is 44.5 Å². The average Bonchev–Trinajstić information content (AvgIpc) is 3.11. The van der Waals surface area contributed by atoms with E-state index < -0.39 is 0 Å². The number of amides is 2. The van der Waals surface area contributed by atoms with Crippen LogP contribution in [0.1, 0.15) is 36.0 Å². The summed E-state index contributed by atoms with van der Waals surface area (Å²) in [6, 6.07) is 1.89. The second-order valence-electron chi connectivity index (χ2n) is 6.61. The lowest BCUT2D eigenvalue weighted by Gasteiger charge is -2.47. The smallest absolute Gasteiger partial charge is 0.254 e. The first kappa shape index (κ1) is 16.5. The molecule has 2 saturated heterocycles. The minimum Gasteiger partial charge on any atom is -0.383 e. The molecule has 126 valence electrons. The molecule has 1 aromatic rings. The Labute approximate surface area is 141 Å². The van der Waals surface area contributed by atoms with E-state index in [2.05, 4.69) is 0 Å². The van der Waals surface area contributed by atoms with Gasteiger partial charge in [-0.05, 0) is 36.1 Å². The fraction of sp³-hybridized carbons (Fsp3) is 0.647. The number of carbonyl (C=O) groups is 2. The average molecular weight is 336 g/mol. The molecule has 2 aliphatic heterocycles. The van der Waals surface area contributed by atoms with Crippen LogP contribution in [0, 0.1) is 5.41 Å². The molecule has 2 aliphatic rings. The number of hydrogen-bond acceptors (Lipinski definition) is 4. The first-order valence-electron chi connectivity index (χ1n) is 8.22. The standard InChI is InChI=1S/C17H24N2O3S/c1-22-10-9-19-13-17(4-2-15(19)20)5-7-18(8-6-17)16(21)14-3-11-23-12-14/h3,11-12H,2,4-10,13H2,1H3. The number of nitrogens with zero attached hydrogens (tertiary/aromatic N) is 2. The van der Waals surface area contributed by atoms with Crippen LogP contribution in [0.15, 0.2) is 16.8 Å². The summed E-state index contributed by atoms with van der Waals surface area (Å²) in [5.74, 6) is 0.383. The van der Waals surface area contributed by atoms with Crippen molar-refractivity contribution in [3.63, 3.8) is 0 Å². The molecule has 2 fully saturated rings. The molecular formula is C17H24N2O3S. The van der Waals surface area contributed by atoms with Crippen molar-refractivity contribution in [1.82, 2.24) is 9.80 Å². The number of piperidine rings is 2. The van der Waals surface area contributed by atoms with Crippen LogP contribution in [-0.4, -0.2) is 61.5 Å². The number of carbonyl (C=O) groups excluding carboxylic acids is 2. The molecule has 3 heterocycles. The molecule has 1 aromatic heterocycles. The molecule has 6 heteroatoms. The van der Waals surface area contributed by atoms with Crippen LogP contribution in [-0.2, 0) is 9.53 Å². The van der Waals surface area contributed by atoms with Crippen molar-refractivity contribution in [3.8, 4) is 0 Å².